The first kappa shape index (κ1) is 11.4. The van der Waals surface area contributed by atoms with Gasteiger partial charge in [-0.15, -0.1) is 0 Å². The van der Waals surface area contributed by atoms with E-state index in [2.05, 4.69) is 4.98 Å². The fraction of sp³-hybridized carbons (Fsp3) is 0.120. The number of hydrogen-bond donors (Lipinski definition) is 0. The van der Waals surface area contributed by atoms with Crippen LogP contribution >= 0.6 is 0 Å². The molecule has 3 heterocycles. The van der Waals surface area contributed by atoms with Crippen molar-refractivity contribution >= 4 is 22.1 Å². The van der Waals surface area contributed by atoms with Gasteiger partial charge in [0.2, 0.25) is 11.4 Å². The Hall–Kier alpha value is -3.46. The lowest BCUT2D eigenvalue weighted by Gasteiger charge is -2.09. The van der Waals surface area contributed by atoms with E-state index in [1.165, 1.54) is 0 Å². The van der Waals surface area contributed by atoms with Crippen molar-refractivity contribution in [1.29, 1.82) is 0 Å². The molecule has 5 rings (SSSR count). The average molecular weight is 371 g/mol. The van der Waals surface area contributed by atoms with Crippen LogP contribution in [0.25, 0.3) is 44.5 Å². The predicted octanol–water partition coefficient (Wildman–Crippen LogP) is 5.76. The molecule has 0 atom stereocenters. The van der Waals surface area contributed by atoms with Crippen molar-refractivity contribution in [2.45, 2.75) is 13.7 Å². The number of hydrogen-bond acceptors (Lipinski definition) is 2. The van der Waals surface area contributed by atoms with Gasteiger partial charge in [-0.2, -0.15) is 0 Å². The Bertz CT molecular complexity index is 1540. The van der Waals surface area contributed by atoms with Crippen LogP contribution in [0.3, 0.4) is 0 Å². The second kappa shape index (κ2) is 6.31. The zero-order valence-electron chi connectivity index (χ0n) is 21.2. The zero-order valence-corrected chi connectivity index (χ0v) is 15.2. The first-order valence-corrected chi connectivity index (χ1v) is 8.96. The molecule has 0 spiro atoms. The quantitative estimate of drug-likeness (QED) is 0.369. The third kappa shape index (κ3) is 2.51. The number of fused-ring (bicyclic) bond motifs is 3. The Morgan fingerprint density at radius 2 is 1.79 bits per heavy atom. The van der Waals surface area contributed by atoms with Gasteiger partial charge in [-0.1, -0.05) is 36.4 Å². The predicted molar refractivity (Wildman–Crippen MR) is 113 cm³/mol. The van der Waals surface area contributed by atoms with Gasteiger partial charge in [0.25, 0.3) is 0 Å². The molecule has 0 bridgehead atoms. The molecule has 0 unspecified atom stereocenters. The smallest absolute Gasteiger partial charge is 0.227 e. The summed E-state index contributed by atoms with van der Waals surface area (Å²) < 4.78 is 56.1. The van der Waals surface area contributed by atoms with Gasteiger partial charge in [0.05, 0.1) is 5.56 Å². The monoisotopic (exact) mass is 371 g/mol. The van der Waals surface area contributed by atoms with Crippen molar-refractivity contribution < 1.29 is 17.2 Å². The van der Waals surface area contributed by atoms with Crippen LogP contribution in [0.4, 0.5) is 0 Å². The summed E-state index contributed by atoms with van der Waals surface area (Å²) in [5.41, 5.74) is 3.85. The number of pyridine rings is 2. The van der Waals surface area contributed by atoms with Crippen molar-refractivity contribution in [2.24, 2.45) is 7.05 Å². The maximum atomic E-state index is 8.07. The molecule has 0 saturated heterocycles. The summed E-state index contributed by atoms with van der Waals surface area (Å²) >= 11 is 0. The molecule has 28 heavy (non-hydrogen) atoms. The van der Waals surface area contributed by atoms with Crippen LogP contribution in [0.5, 0.6) is 0 Å². The van der Waals surface area contributed by atoms with Gasteiger partial charge in [0.1, 0.15) is 7.05 Å². The van der Waals surface area contributed by atoms with E-state index >= 15 is 0 Å². The lowest BCUT2D eigenvalue weighted by molar-refractivity contribution is -0.660. The number of rotatable bonds is 2. The van der Waals surface area contributed by atoms with Gasteiger partial charge in [-0.25, -0.2) is 9.55 Å². The van der Waals surface area contributed by atoms with Crippen LogP contribution < -0.4 is 4.57 Å². The van der Waals surface area contributed by atoms with Crippen LogP contribution in [0.1, 0.15) is 19.4 Å². The Morgan fingerprint density at radius 3 is 2.61 bits per heavy atom. The Balaban J connectivity index is 1.86. The van der Waals surface area contributed by atoms with Crippen LogP contribution in [-0.2, 0) is 7.05 Å². The van der Waals surface area contributed by atoms with E-state index in [9.17, 15) is 0 Å². The molecule has 0 N–H and O–H groups in total. The molecule has 3 aromatic heterocycles. The summed E-state index contributed by atoms with van der Waals surface area (Å²) in [5, 5.41) is 1.11. The molecule has 3 nitrogen and oxygen atoms in total. The second-order valence-corrected chi connectivity index (χ2v) is 6.79. The third-order valence-corrected chi connectivity index (χ3v) is 5.03. The number of benzene rings is 2. The van der Waals surface area contributed by atoms with E-state index in [1.807, 2.05) is 36.4 Å². The van der Waals surface area contributed by atoms with E-state index in [4.69, 9.17) is 12.6 Å². The van der Waals surface area contributed by atoms with Gasteiger partial charge in [0.15, 0.2) is 11.8 Å². The van der Waals surface area contributed by atoms with E-state index in [0.717, 1.165) is 5.56 Å². The van der Waals surface area contributed by atoms with Crippen molar-refractivity contribution in [2.75, 3.05) is 0 Å². The highest BCUT2D eigenvalue weighted by atomic mass is 16.3. The Kier molecular flexibility index (Phi) is 2.57. The van der Waals surface area contributed by atoms with Crippen molar-refractivity contribution in [3.05, 3.63) is 84.2 Å². The second-order valence-electron chi connectivity index (χ2n) is 6.79. The molecule has 5 aromatic rings. The highest BCUT2D eigenvalue weighted by Crippen LogP contribution is 2.37. The number of nitrogens with zero attached hydrogens (tertiary/aromatic N) is 2. The molecule has 136 valence electrons. The molecule has 0 fully saturated rings. The van der Waals surface area contributed by atoms with Gasteiger partial charge in [-0.05, 0) is 48.6 Å². The number of furan rings is 1. The topological polar surface area (TPSA) is 29.9 Å². The molecule has 0 aliphatic rings. The molecular formula is C25H21N2O+. The molecule has 0 radical (unpaired) electrons. The minimum absolute atomic E-state index is 0.183. The maximum absolute atomic E-state index is 8.07. The molecular weight excluding hydrogens is 344 g/mol. The lowest BCUT2D eigenvalue weighted by Crippen LogP contribution is -2.31. The normalized spacial score (nSPS) is 15.5. The van der Waals surface area contributed by atoms with Crippen LogP contribution in [-0.4, -0.2) is 4.98 Å². The van der Waals surface area contributed by atoms with Crippen molar-refractivity contribution in [1.82, 2.24) is 4.98 Å². The van der Waals surface area contributed by atoms with E-state index in [1.54, 1.807) is 48.3 Å². The largest absolute Gasteiger partial charge is 0.437 e. The first-order valence-electron chi connectivity index (χ1n) is 12.0. The van der Waals surface area contributed by atoms with E-state index < -0.39 is 13.7 Å². The summed E-state index contributed by atoms with van der Waals surface area (Å²) in [6.45, 7) is -4.66. The Morgan fingerprint density at radius 1 is 0.929 bits per heavy atom. The first-order chi connectivity index (χ1) is 16.1. The van der Waals surface area contributed by atoms with Crippen LogP contribution in [0.2, 0.25) is 0 Å². The summed E-state index contributed by atoms with van der Waals surface area (Å²) in [6.07, 6.45) is 3.20. The molecule has 0 aliphatic heterocycles. The minimum Gasteiger partial charge on any atom is -0.437 e. The standard InChI is InChI=1S/C25H21N2O/c1-16-11-12-19(24-23(16)20-10-7-13-26-25(20)28-24)22-14-21(17(2)15-27(22)3)18-8-5-4-6-9-18/h4-15H,1-3H3/q+1/i1D3,2D3. The highest BCUT2D eigenvalue weighted by Gasteiger charge is 2.21. The van der Waals surface area contributed by atoms with Crippen LogP contribution in [0.15, 0.2) is 77.5 Å². The summed E-state index contributed by atoms with van der Waals surface area (Å²) in [6, 6.07) is 18.0. The lowest BCUT2D eigenvalue weighted by atomic mass is 9.97. The SMILES string of the molecule is [2H]C([2H])([2H])c1c[n+](C)c(-c2ccc(C([2H])([2H])[2H])c3c2oc2ncccc23)cc1-c1ccccc1. The highest BCUT2D eigenvalue weighted by molar-refractivity contribution is 6.09. The van der Waals surface area contributed by atoms with E-state index in [-0.39, 0.29) is 11.1 Å². The summed E-state index contributed by atoms with van der Waals surface area (Å²) in [5.74, 6) is 0. The Labute approximate surface area is 172 Å². The molecule has 0 aliphatic carbocycles. The fourth-order valence-corrected chi connectivity index (χ4v) is 3.69. The van der Waals surface area contributed by atoms with Crippen molar-refractivity contribution in [3.8, 4) is 22.4 Å². The van der Waals surface area contributed by atoms with E-state index in [0.29, 0.717) is 38.9 Å². The molecule has 0 amide bonds. The average Bonchev–Trinajstić information content (AvgIpc) is 3.17. The fourth-order valence-electron chi connectivity index (χ4n) is 3.69. The molecule has 3 heteroatoms. The molecule has 2 aromatic carbocycles. The number of aryl methyl sites for hydroxylation is 3. The summed E-state index contributed by atoms with van der Waals surface area (Å²) in [4.78, 5) is 4.28. The van der Waals surface area contributed by atoms with Gasteiger partial charge < -0.3 is 4.42 Å². The third-order valence-electron chi connectivity index (χ3n) is 5.03. The van der Waals surface area contributed by atoms with Crippen LogP contribution in [0, 0.1) is 13.7 Å². The van der Waals surface area contributed by atoms with Gasteiger partial charge >= 0.3 is 0 Å². The van der Waals surface area contributed by atoms with Crippen molar-refractivity contribution in [3.63, 3.8) is 0 Å². The van der Waals surface area contributed by atoms with Gasteiger partial charge in [0, 0.05) is 36.8 Å². The number of aromatic nitrogens is 2. The zero-order chi connectivity index (χ0) is 24.3. The summed E-state index contributed by atoms with van der Waals surface area (Å²) in [7, 11) is 1.77. The molecule has 0 saturated carbocycles. The van der Waals surface area contributed by atoms with Gasteiger partial charge in [-0.3, -0.25) is 0 Å². The minimum atomic E-state index is -2.34. The maximum Gasteiger partial charge on any atom is 0.227 e.